The molecule has 15 heavy (non-hydrogen) atoms. The van der Waals surface area contributed by atoms with E-state index in [2.05, 4.69) is 25.8 Å². The fraction of sp³-hybridized carbons (Fsp3) is 0.571. The van der Waals surface area contributed by atoms with Crippen LogP contribution in [0.4, 0.5) is 17.6 Å². The molecule has 0 aliphatic rings. The van der Waals surface area contributed by atoms with E-state index in [1.807, 2.05) is 0 Å². The Kier molecular flexibility index (Phi) is 4.52. The molecule has 0 radical (unpaired) electrons. The SMILES string of the molecule is FC(F)COCc1nn(C(F)F)cc1Br. The lowest BCUT2D eigenvalue weighted by atomic mass is 10.5. The van der Waals surface area contributed by atoms with Gasteiger partial charge >= 0.3 is 6.55 Å². The Balaban J connectivity index is 2.53. The number of nitrogens with zero attached hydrogens (tertiary/aromatic N) is 2. The minimum absolute atomic E-state index is 0.163. The topological polar surface area (TPSA) is 27.1 Å². The van der Waals surface area contributed by atoms with Crippen LogP contribution in [0.25, 0.3) is 0 Å². The maximum absolute atomic E-state index is 12.1. The molecule has 1 aromatic heterocycles. The second kappa shape index (κ2) is 5.45. The minimum atomic E-state index is -2.76. The normalized spacial score (nSPS) is 11.7. The maximum Gasteiger partial charge on any atom is 0.333 e. The molecular formula is C7H7BrF4N2O. The Morgan fingerprint density at radius 1 is 1.40 bits per heavy atom. The molecule has 1 aromatic rings. The zero-order valence-electron chi connectivity index (χ0n) is 7.34. The molecule has 0 saturated heterocycles. The summed E-state index contributed by atoms with van der Waals surface area (Å²) in [5.74, 6) is 0. The number of ether oxygens (including phenoxy) is 1. The van der Waals surface area contributed by atoms with E-state index in [0.29, 0.717) is 9.15 Å². The molecule has 1 heterocycles. The molecule has 0 amide bonds. The van der Waals surface area contributed by atoms with Crippen molar-refractivity contribution in [1.82, 2.24) is 9.78 Å². The summed E-state index contributed by atoms with van der Waals surface area (Å²) in [4.78, 5) is 0. The second-order valence-corrected chi connectivity index (χ2v) is 3.44. The van der Waals surface area contributed by atoms with E-state index in [1.54, 1.807) is 0 Å². The number of halogens is 5. The second-order valence-electron chi connectivity index (χ2n) is 2.59. The Labute approximate surface area is 91.1 Å². The van der Waals surface area contributed by atoms with E-state index in [9.17, 15) is 17.6 Å². The summed E-state index contributed by atoms with van der Waals surface area (Å²) in [5, 5.41) is 3.46. The van der Waals surface area contributed by atoms with E-state index in [1.165, 1.54) is 0 Å². The predicted molar refractivity (Wildman–Crippen MR) is 46.8 cm³/mol. The van der Waals surface area contributed by atoms with Gasteiger partial charge in [-0.2, -0.15) is 13.9 Å². The van der Waals surface area contributed by atoms with Crippen LogP contribution in [0.15, 0.2) is 10.7 Å². The molecule has 0 aromatic carbocycles. The summed E-state index contributed by atoms with van der Waals surface area (Å²) in [6, 6.07) is 0. The predicted octanol–water partition coefficient (Wildman–Crippen LogP) is 2.82. The first-order valence-electron chi connectivity index (χ1n) is 3.88. The van der Waals surface area contributed by atoms with E-state index in [-0.39, 0.29) is 12.3 Å². The summed E-state index contributed by atoms with van der Waals surface area (Å²) in [7, 11) is 0. The van der Waals surface area contributed by atoms with Gasteiger partial charge in [-0.05, 0) is 15.9 Å². The maximum atomic E-state index is 12.1. The van der Waals surface area contributed by atoms with Crippen LogP contribution >= 0.6 is 15.9 Å². The van der Waals surface area contributed by atoms with Crippen molar-refractivity contribution in [3.63, 3.8) is 0 Å². The highest BCUT2D eigenvalue weighted by Gasteiger charge is 2.13. The van der Waals surface area contributed by atoms with Crippen LogP contribution in [0.3, 0.4) is 0 Å². The summed E-state index contributed by atoms with van der Waals surface area (Å²) in [6.07, 6.45) is -1.52. The van der Waals surface area contributed by atoms with Crippen molar-refractivity contribution in [2.75, 3.05) is 6.61 Å². The highest BCUT2D eigenvalue weighted by molar-refractivity contribution is 9.10. The van der Waals surface area contributed by atoms with Gasteiger partial charge in [0.2, 0.25) is 0 Å². The molecule has 0 aliphatic carbocycles. The van der Waals surface area contributed by atoms with Crippen LogP contribution in [-0.2, 0) is 11.3 Å². The van der Waals surface area contributed by atoms with Gasteiger partial charge in [0.15, 0.2) is 0 Å². The molecule has 0 spiro atoms. The first kappa shape index (κ1) is 12.4. The van der Waals surface area contributed by atoms with Crippen LogP contribution in [-0.4, -0.2) is 22.8 Å². The van der Waals surface area contributed by atoms with Gasteiger partial charge in [-0.3, -0.25) is 0 Å². The van der Waals surface area contributed by atoms with Crippen LogP contribution in [0.2, 0.25) is 0 Å². The molecule has 1 rings (SSSR count). The Bertz CT molecular complexity index is 318. The fourth-order valence-corrected chi connectivity index (χ4v) is 1.25. The van der Waals surface area contributed by atoms with Crippen molar-refractivity contribution >= 4 is 15.9 Å². The number of alkyl halides is 4. The lowest BCUT2D eigenvalue weighted by molar-refractivity contribution is 0.00734. The van der Waals surface area contributed by atoms with Crippen molar-refractivity contribution < 1.29 is 22.3 Å². The summed E-state index contributed by atoms with van der Waals surface area (Å²) < 4.78 is 52.9. The minimum Gasteiger partial charge on any atom is -0.369 e. The smallest absolute Gasteiger partial charge is 0.333 e. The van der Waals surface area contributed by atoms with E-state index in [0.717, 1.165) is 6.20 Å². The lowest BCUT2D eigenvalue weighted by Crippen LogP contribution is -2.05. The van der Waals surface area contributed by atoms with Crippen LogP contribution in [0.1, 0.15) is 12.2 Å². The van der Waals surface area contributed by atoms with Gasteiger partial charge in [-0.1, -0.05) is 0 Å². The fourth-order valence-electron chi connectivity index (χ4n) is 0.849. The lowest BCUT2D eigenvalue weighted by Gasteiger charge is -2.01. The molecule has 0 fully saturated rings. The first-order chi connectivity index (χ1) is 7.00. The van der Waals surface area contributed by atoms with Crippen molar-refractivity contribution in [2.45, 2.75) is 19.6 Å². The van der Waals surface area contributed by atoms with Crippen LogP contribution in [0, 0.1) is 0 Å². The molecule has 0 unspecified atom stereocenters. The van der Waals surface area contributed by atoms with Crippen LogP contribution < -0.4 is 0 Å². The van der Waals surface area contributed by atoms with Gasteiger partial charge in [0.1, 0.15) is 12.3 Å². The van der Waals surface area contributed by atoms with Gasteiger partial charge in [0.25, 0.3) is 6.43 Å². The van der Waals surface area contributed by atoms with Gasteiger partial charge < -0.3 is 4.74 Å². The van der Waals surface area contributed by atoms with Gasteiger partial charge in [0, 0.05) is 6.20 Å². The Morgan fingerprint density at radius 3 is 2.53 bits per heavy atom. The molecule has 0 atom stereocenters. The Hall–Kier alpha value is -0.630. The largest absolute Gasteiger partial charge is 0.369 e. The zero-order chi connectivity index (χ0) is 11.4. The molecule has 86 valence electrons. The van der Waals surface area contributed by atoms with Gasteiger partial charge in [0.05, 0.1) is 11.1 Å². The van der Waals surface area contributed by atoms with Crippen molar-refractivity contribution in [1.29, 1.82) is 0 Å². The van der Waals surface area contributed by atoms with E-state index in [4.69, 9.17) is 0 Å². The quantitative estimate of drug-likeness (QED) is 0.780. The van der Waals surface area contributed by atoms with Gasteiger partial charge in [-0.25, -0.2) is 13.5 Å². The number of rotatable bonds is 5. The monoisotopic (exact) mass is 290 g/mol. The van der Waals surface area contributed by atoms with Crippen molar-refractivity contribution in [2.24, 2.45) is 0 Å². The third-order valence-corrected chi connectivity index (χ3v) is 2.10. The first-order valence-corrected chi connectivity index (χ1v) is 4.67. The van der Waals surface area contributed by atoms with Gasteiger partial charge in [-0.15, -0.1) is 0 Å². The summed E-state index contributed by atoms with van der Waals surface area (Å²) in [6.45, 7) is -3.73. The van der Waals surface area contributed by atoms with E-state index >= 15 is 0 Å². The third kappa shape index (κ3) is 3.78. The summed E-state index contributed by atoms with van der Waals surface area (Å²) >= 11 is 2.97. The molecule has 0 bridgehead atoms. The molecular weight excluding hydrogens is 284 g/mol. The average Bonchev–Trinajstić information content (AvgIpc) is 2.47. The zero-order valence-corrected chi connectivity index (χ0v) is 8.92. The summed E-state index contributed by atoms with van der Waals surface area (Å²) in [5.41, 5.74) is 0.163. The van der Waals surface area contributed by atoms with Crippen LogP contribution in [0.5, 0.6) is 0 Å². The third-order valence-electron chi connectivity index (χ3n) is 1.44. The standard InChI is InChI=1S/C7H7BrF4N2O/c8-4-1-14(7(11)12)13-5(4)2-15-3-6(9)10/h1,6-7H,2-3H2. The highest BCUT2D eigenvalue weighted by Crippen LogP contribution is 2.19. The molecule has 8 heteroatoms. The number of hydrogen-bond acceptors (Lipinski definition) is 2. The number of aromatic nitrogens is 2. The average molecular weight is 291 g/mol. The highest BCUT2D eigenvalue weighted by atomic mass is 79.9. The molecule has 0 aliphatic heterocycles. The molecule has 0 N–H and O–H groups in total. The molecule has 0 saturated carbocycles. The Morgan fingerprint density at radius 2 is 2.07 bits per heavy atom. The van der Waals surface area contributed by atoms with E-state index < -0.39 is 19.6 Å². The number of hydrogen-bond donors (Lipinski definition) is 0. The van der Waals surface area contributed by atoms with Crippen molar-refractivity contribution in [3.05, 3.63) is 16.4 Å². The molecule has 3 nitrogen and oxygen atoms in total. The van der Waals surface area contributed by atoms with Crippen molar-refractivity contribution in [3.8, 4) is 0 Å².